The van der Waals surface area contributed by atoms with Gasteiger partial charge in [-0.15, -0.1) is 0 Å². The van der Waals surface area contributed by atoms with Crippen LogP contribution in [0.5, 0.6) is 0 Å². The van der Waals surface area contributed by atoms with Crippen molar-refractivity contribution in [2.24, 2.45) is 0 Å². The monoisotopic (exact) mass is 292 g/mol. The van der Waals surface area contributed by atoms with Gasteiger partial charge in [0.25, 0.3) is 0 Å². The molecular weight excluding hydrogens is 284 g/mol. The Labute approximate surface area is 124 Å². The second-order valence-electron chi connectivity index (χ2n) is 4.98. The van der Waals surface area contributed by atoms with E-state index in [4.69, 9.17) is 4.74 Å². The maximum absolute atomic E-state index is 12.0. The zero-order valence-corrected chi connectivity index (χ0v) is 11.2. The molecule has 0 saturated heterocycles. The summed E-state index contributed by atoms with van der Waals surface area (Å²) in [5.41, 5.74) is 2.72. The minimum Gasteiger partial charge on any atom is -0.423 e. The van der Waals surface area contributed by atoms with Gasteiger partial charge in [-0.05, 0) is 23.3 Å². The molecule has 0 bridgehead atoms. The molecule has 0 unspecified atom stereocenters. The number of carbonyl (C=O) groups is 3. The predicted octanol–water partition coefficient (Wildman–Crippen LogP) is 2.81. The first kappa shape index (κ1) is 12.5. The molecule has 5 heteroatoms. The lowest BCUT2D eigenvalue weighted by molar-refractivity contribution is 0.0443. The average molecular weight is 292 g/mol. The smallest absolute Gasteiger partial charge is 0.346 e. The van der Waals surface area contributed by atoms with E-state index < -0.39 is 17.9 Å². The standard InChI is InChI=1S/C17H8O5/c1-8-10-3-2-4-11(14(10)17(20)21-8)9-5-6-12-13(7-9)16(19)22-15(12)18/h2-7H,1H2. The third-order valence-corrected chi connectivity index (χ3v) is 3.74. The van der Waals surface area contributed by atoms with Crippen molar-refractivity contribution in [3.05, 3.63) is 65.2 Å². The van der Waals surface area contributed by atoms with Crippen LogP contribution in [-0.2, 0) is 9.47 Å². The molecule has 0 amide bonds. The highest BCUT2D eigenvalue weighted by Gasteiger charge is 2.32. The van der Waals surface area contributed by atoms with Crippen LogP contribution < -0.4 is 0 Å². The molecule has 4 rings (SSSR count). The van der Waals surface area contributed by atoms with E-state index in [0.717, 1.165) is 0 Å². The molecule has 5 nitrogen and oxygen atoms in total. The van der Waals surface area contributed by atoms with Crippen LogP contribution in [0.4, 0.5) is 0 Å². The highest BCUT2D eigenvalue weighted by molar-refractivity contribution is 6.15. The van der Waals surface area contributed by atoms with Gasteiger partial charge in [0.1, 0.15) is 5.76 Å². The van der Waals surface area contributed by atoms with Crippen LogP contribution in [0.2, 0.25) is 0 Å². The number of hydrogen-bond acceptors (Lipinski definition) is 5. The zero-order chi connectivity index (χ0) is 15.4. The number of carbonyl (C=O) groups excluding carboxylic acids is 3. The first-order chi connectivity index (χ1) is 10.6. The van der Waals surface area contributed by atoms with Crippen LogP contribution in [0.1, 0.15) is 36.6 Å². The Morgan fingerprint density at radius 3 is 2.27 bits per heavy atom. The third kappa shape index (κ3) is 1.56. The molecule has 0 saturated carbocycles. The summed E-state index contributed by atoms with van der Waals surface area (Å²) in [4.78, 5) is 35.1. The summed E-state index contributed by atoms with van der Waals surface area (Å²) in [5.74, 6) is -1.51. The van der Waals surface area contributed by atoms with E-state index in [-0.39, 0.29) is 11.1 Å². The van der Waals surface area contributed by atoms with E-state index in [1.54, 1.807) is 30.3 Å². The summed E-state index contributed by atoms with van der Waals surface area (Å²) in [6, 6.07) is 10.0. The topological polar surface area (TPSA) is 69.7 Å². The van der Waals surface area contributed by atoms with Gasteiger partial charge in [0.15, 0.2) is 0 Å². The Morgan fingerprint density at radius 1 is 0.727 bits per heavy atom. The molecule has 0 radical (unpaired) electrons. The highest BCUT2D eigenvalue weighted by atomic mass is 16.6. The summed E-state index contributed by atoms with van der Waals surface area (Å²) in [6.45, 7) is 3.70. The number of rotatable bonds is 1. The van der Waals surface area contributed by atoms with Crippen LogP contribution in [0.15, 0.2) is 43.0 Å². The second kappa shape index (κ2) is 4.14. The molecular formula is C17H8O5. The minimum atomic E-state index is -0.679. The summed E-state index contributed by atoms with van der Waals surface area (Å²) < 4.78 is 9.62. The molecule has 0 N–H and O–H groups in total. The quantitative estimate of drug-likeness (QED) is 0.597. The maximum atomic E-state index is 12.0. The van der Waals surface area contributed by atoms with Crippen LogP contribution >= 0.6 is 0 Å². The van der Waals surface area contributed by atoms with Gasteiger partial charge in [-0.25, -0.2) is 14.4 Å². The predicted molar refractivity (Wildman–Crippen MR) is 76.1 cm³/mol. The fraction of sp³-hybridized carbons (Fsp3) is 0. The molecule has 0 aliphatic carbocycles. The zero-order valence-electron chi connectivity index (χ0n) is 11.2. The molecule has 2 heterocycles. The largest absolute Gasteiger partial charge is 0.423 e. The Hall–Kier alpha value is -3.21. The number of benzene rings is 2. The molecule has 22 heavy (non-hydrogen) atoms. The van der Waals surface area contributed by atoms with Crippen LogP contribution in [0.25, 0.3) is 16.9 Å². The Morgan fingerprint density at radius 2 is 1.45 bits per heavy atom. The van der Waals surface area contributed by atoms with Gasteiger partial charge >= 0.3 is 17.9 Å². The number of cyclic esters (lactones) is 3. The van der Waals surface area contributed by atoms with Crippen molar-refractivity contribution in [1.29, 1.82) is 0 Å². The van der Waals surface area contributed by atoms with E-state index in [9.17, 15) is 14.4 Å². The number of esters is 3. The SMILES string of the molecule is C=C1OC(=O)c2c1cccc2-c1ccc2c(c1)C(=O)OC2=O. The molecule has 2 aromatic rings. The van der Waals surface area contributed by atoms with Crippen molar-refractivity contribution in [2.45, 2.75) is 0 Å². The van der Waals surface area contributed by atoms with Gasteiger partial charge in [0.2, 0.25) is 0 Å². The lowest BCUT2D eigenvalue weighted by Crippen LogP contribution is -1.99. The first-order valence-electron chi connectivity index (χ1n) is 6.51. The van der Waals surface area contributed by atoms with Gasteiger partial charge in [-0.2, -0.15) is 0 Å². The third-order valence-electron chi connectivity index (χ3n) is 3.74. The van der Waals surface area contributed by atoms with Gasteiger partial charge in [0.05, 0.1) is 16.7 Å². The number of hydrogen-bond donors (Lipinski definition) is 0. The van der Waals surface area contributed by atoms with Crippen molar-refractivity contribution < 1.29 is 23.9 Å². The van der Waals surface area contributed by atoms with E-state index >= 15 is 0 Å². The first-order valence-corrected chi connectivity index (χ1v) is 6.51. The van der Waals surface area contributed by atoms with Crippen molar-refractivity contribution in [3.63, 3.8) is 0 Å². The molecule has 0 spiro atoms. The minimum absolute atomic E-state index is 0.199. The molecule has 2 aliphatic rings. The Balaban J connectivity index is 1.94. The van der Waals surface area contributed by atoms with Gasteiger partial charge in [0, 0.05) is 5.56 Å². The van der Waals surface area contributed by atoms with Crippen molar-refractivity contribution in [1.82, 2.24) is 0 Å². The molecule has 106 valence electrons. The molecule has 0 aromatic heterocycles. The highest BCUT2D eigenvalue weighted by Crippen LogP contribution is 2.37. The maximum Gasteiger partial charge on any atom is 0.346 e. The Kier molecular flexibility index (Phi) is 2.36. The Bertz CT molecular complexity index is 907. The molecule has 2 aliphatic heterocycles. The molecule has 0 atom stereocenters. The van der Waals surface area contributed by atoms with Crippen molar-refractivity contribution in [3.8, 4) is 11.1 Å². The van der Waals surface area contributed by atoms with Crippen LogP contribution in [0.3, 0.4) is 0 Å². The summed E-state index contributed by atoms with van der Waals surface area (Å²) in [7, 11) is 0. The van der Waals surface area contributed by atoms with E-state index in [0.29, 0.717) is 28.0 Å². The summed E-state index contributed by atoms with van der Waals surface area (Å²) in [6.07, 6.45) is 0. The normalized spacial score (nSPS) is 15.5. The van der Waals surface area contributed by atoms with Gasteiger partial charge < -0.3 is 9.47 Å². The van der Waals surface area contributed by atoms with E-state index in [1.807, 2.05) is 0 Å². The van der Waals surface area contributed by atoms with Crippen molar-refractivity contribution in [2.75, 3.05) is 0 Å². The van der Waals surface area contributed by atoms with E-state index in [2.05, 4.69) is 11.3 Å². The summed E-state index contributed by atoms with van der Waals surface area (Å²) in [5, 5.41) is 0. The molecule has 2 aromatic carbocycles. The fourth-order valence-corrected chi connectivity index (χ4v) is 2.72. The van der Waals surface area contributed by atoms with E-state index in [1.165, 1.54) is 6.07 Å². The fourth-order valence-electron chi connectivity index (χ4n) is 2.72. The summed E-state index contributed by atoms with van der Waals surface area (Å²) >= 11 is 0. The van der Waals surface area contributed by atoms with Crippen molar-refractivity contribution >= 4 is 23.7 Å². The lowest BCUT2D eigenvalue weighted by atomic mass is 9.94. The van der Waals surface area contributed by atoms with Crippen LogP contribution in [0, 0.1) is 0 Å². The lowest BCUT2D eigenvalue weighted by Gasteiger charge is -2.06. The average Bonchev–Trinajstić information content (AvgIpc) is 2.96. The van der Waals surface area contributed by atoms with Gasteiger partial charge in [-0.3, -0.25) is 0 Å². The molecule has 0 fully saturated rings. The van der Waals surface area contributed by atoms with Gasteiger partial charge in [-0.1, -0.05) is 30.8 Å². The number of fused-ring (bicyclic) bond motifs is 2. The second-order valence-corrected chi connectivity index (χ2v) is 4.98. The van der Waals surface area contributed by atoms with Crippen LogP contribution in [-0.4, -0.2) is 17.9 Å². The number of ether oxygens (including phenoxy) is 2.